The smallest absolute Gasteiger partial charge is 0.337 e. The second-order valence-corrected chi connectivity index (χ2v) is 7.93. The van der Waals surface area contributed by atoms with Gasteiger partial charge >= 0.3 is 5.97 Å². The fourth-order valence-corrected chi connectivity index (χ4v) is 3.24. The van der Waals surface area contributed by atoms with Crippen LogP contribution in [0.2, 0.25) is 0 Å². The Balaban J connectivity index is 1.85. The van der Waals surface area contributed by atoms with Crippen molar-refractivity contribution in [2.45, 2.75) is 11.4 Å². The van der Waals surface area contributed by atoms with Crippen molar-refractivity contribution in [2.24, 2.45) is 0 Å². The highest BCUT2D eigenvalue weighted by atomic mass is 79.9. The van der Waals surface area contributed by atoms with Gasteiger partial charge in [-0.1, -0.05) is 28.1 Å². The Bertz CT molecular complexity index is 880. The van der Waals surface area contributed by atoms with Crippen LogP contribution in [0.1, 0.15) is 15.9 Å². The Labute approximate surface area is 159 Å². The molecule has 0 saturated carbocycles. The molecule has 0 aliphatic carbocycles. The highest BCUT2D eigenvalue weighted by molar-refractivity contribution is 9.10. The van der Waals surface area contributed by atoms with Crippen molar-refractivity contribution in [1.82, 2.24) is 10.0 Å². The summed E-state index contributed by atoms with van der Waals surface area (Å²) in [6.45, 7) is -0.168. The van der Waals surface area contributed by atoms with Crippen LogP contribution in [0, 0.1) is 0 Å². The summed E-state index contributed by atoms with van der Waals surface area (Å²) in [6, 6.07) is 12.6. The van der Waals surface area contributed by atoms with Crippen molar-refractivity contribution in [2.75, 3.05) is 13.7 Å². The van der Waals surface area contributed by atoms with Gasteiger partial charge in [0.25, 0.3) is 0 Å². The normalized spacial score (nSPS) is 11.0. The van der Waals surface area contributed by atoms with Gasteiger partial charge in [-0.15, -0.1) is 0 Å². The van der Waals surface area contributed by atoms with Gasteiger partial charge in [-0.2, -0.15) is 0 Å². The molecular formula is C17H17BrN2O5S. The minimum atomic E-state index is -3.76. The average molecular weight is 441 g/mol. The predicted molar refractivity (Wildman–Crippen MR) is 99.0 cm³/mol. The highest BCUT2D eigenvalue weighted by Gasteiger charge is 2.15. The van der Waals surface area contributed by atoms with E-state index in [2.05, 4.69) is 30.7 Å². The lowest BCUT2D eigenvalue weighted by molar-refractivity contribution is -0.120. The summed E-state index contributed by atoms with van der Waals surface area (Å²) in [6.07, 6.45) is 0. The fraction of sp³-hybridized carbons (Fsp3) is 0.176. The summed E-state index contributed by atoms with van der Waals surface area (Å²) in [4.78, 5) is 23.3. The van der Waals surface area contributed by atoms with Crippen LogP contribution < -0.4 is 10.0 Å². The third-order valence-electron chi connectivity index (χ3n) is 3.41. The zero-order valence-corrected chi connectivity index (χ0v) is 16.3. The highest BCUT2D eigenvalue weighted by Crippen LogP contribution is 2.14. The van der Waals surface area contributed by atoms with E-state index in [-0.39, 0.29) is 18.0 Å². The molecule has 26 heavy (non-hydrogen) atoms. The summed E-state index contributed by atoms with van der Waals surface area (Å²) < 4.78 is 31.8. The number of rotatable bonds is 7. The molecule has 1 amide bonds. The second kappa shape index (κ2) is 8.93. The van der Waals surface area contributed by atoms with Gasteiger partial charge in [-0.3, -0.25) is 4.79 Å². The molecule has 0 bridgehead atoms. The maximum Gasteiger partial charge on any atom is 0.337 e. The van der Waals surface area contributed by atoms with Crippen molar-refractivity contribution in [1.29, 1.82) is 0 Å². The fourth-order valence-electron chi connectivity index (χ4n) is 2.00. The lowest BCUT2D eigenvalue weighted by Gasteiger charge is -2.08. The van der Waals surface area contributed by atoms with Crippen LogP contribution in [0.5, 0.6) is 0 Å². The topological polar surface area (TPSA) is 102 Å². The molecule has 0 fully saturated rings. The maximum absolute atomic E-state index is 12.1. The van der Waals surface area contributed by atoms with E-state index in [1.165, 1.54) is 19.2 Å². The molecule has 2 rings (SSSR count). The largest absolute Gasteiger partial charge is 0.465 e. The molecule has 2 aromatic rings. The van der Waals surface area contributed by atoms with Gasteiger partial charge in [0.05, 0.1) is 24.1 Å². The van der Waals surface area contributed by atoms with Crippen molar-refractivity contribution >= 4 is 37.8 Å². The number of carbonyl (C=O) groups excluding carboxylic acids is 2. The SMILES string of the molecule is COC(=O)c1ccc(CNC(=O)CNS(=O)(=O)c2ccc(Br)cc2)cc1. The molecule has 2 N–H and O–H groups in total. The van der Waals surface area contributed by atoms with E-state index in [1.54, 1.807) is 36.4 Å². The number of nitrogens with one attached hydrogen (secondary N) is 2. The van der Waals surface area contributed by atoms with Crippen LogP contribution in [-0.4, -0.2) is 33.9 Å². The molecular weight excluding hydrogens is 424 g/mol. The molecule has 0 unspecified atom stereocenters. The van der Waals surface area contributed by atoms with Gasteiger partial charge in [0.15, 0.2) is 0 Å². The molecule has 0 heterocycles. The number of hydrogen-bond donors (Lipinski definition) is 2. The van der Waals surface area contributed by atoms with E-state index >= 15 is 0 Å². The first-order valence-corrected chi connectivity index (χ1v) is 9.78. The zero-order valence-electron chi connectivity index (χ0n) is 13.9. The third kappa shape index (κ3) is 5.65. The van der Waals surface area contributed by atoms with Crippen LogP contribution in [0.15, 0.2) is 57.9 Å². The number of methoxy groups -OCH3 is 1. The molecule has 0 spiro atoms. The van der Waals surface area contributed by atoms with E-state index < -0.39 is 21.9 Å². The molecule has 2 aromatic carbocycles. The standard InChI is InChI=1S/C17H17BrN2O5S/c1-25-17(22)13-4-2-12(3-5-13)10-19-16(21)11-20-26(23,24)15-8-6-14(18)7-9-15/h2-9,20H,10-11H2,1H3,(H,19,21). The Morgan fingerprint density at radius 2 is 1.65 bits per heavy atom. The Morgan fingerprint density at radius 3 is 2.23 bits per heavy atom. The minimum Gasteiger partial charge on any atom is -0.465 e. The van der Waals surface area contributed by atoms with E-state index in [0.717, 1.165) is 10.0 Å². The number of esters is 1. The number of sulfonamides is 1. The number of hydrogen-bond acceptors (Lipinski definition) is 5. The van der Waals surface area contributed by atoms with Crippen molar-refractivity contribution in [3.8, 4) is 0 Å². The Morgan fingerprint density at radius 1 is 1.04 bits per heavy atom. The Kier molecular flexibility index (Phi) is 6.90. The molecule has 0 aromatic heterocycles. The monoisotopic (exact) mass is 440 g/mol. The van der Waals surface area contributed by atoms with Gasteiger partial charge in [-0.05, 0) is 42.0 Å². The van der Waals surface area contributed by atoms with Crippen LogP contribution >= 0.6 is 15.9 Å². The Hall–Kier alpha value is -2.23. The van der Waals surface area contributed by atoms with E-state index in [9.17, 15) is 18.0 Å². The van der Waals surface area contributed by atoms with Crippen LogP contribution in [-0.2, 0) is 26.1 Å². The average Bonchev–Trinajstić information content (AvgIpc) is 2.65. The second-order valence-electron chi connectivity index (χ2n) is 5.24. The van der Waals surface area contributed by atoms with E-state index in [0.29, 0.717) is 5.56 Å². The van der Waals surface area contributed by atoms with Gasteiger partial charge < -0.3 is 10.1 Å². The van der Waals surface area contributed by atoms with Crippen LogP contribution in [0.3, 0.4) is 0 Å². The molecule has 9 heteroatoms. The first kappa shape index (κ1) is 20.1. The van der Waals surface area contributed by atoms with Gasteiger partial charge in [0, 0.05) is 11.0 Å². The summed E-state index contributed by atoms with van der Waals surface area (Å²) in [5, 5.41) is 2.61. The number of ether oxygens (including phenoxy) is 1. The summed E-state index contributed by atoms with van der Waals surface area (Å²) in [5.41, 5.74) is 1.17. The predicted octanol–water partition coefficient (Wildman–Crippen LogP) is 1.83. The maximum atomic E-state index is 12.1. The summed E-state index contributed by atoms with van der Waals surface area (Å²) in [7, 11) is -2.46. The number of carbonyl (C=O) groups is 2. The molecule has 0 atom stereocenters. The minimum absolute atomic E-state index is 0.0758. The van der Waals surface area contributed by atoms with Gasteiger partial charge in [0.1, 0.15) is 0 Å². The number of amides is 1. The lowest BCUT2D eigenvalue weighted by atomic mass is 10.1. The summed E-state index contributed by atoms with van der Waals surface area (Å²) >= 11 is 3.23. The molecule has 0 aliphatic rings. The van der Waals surface area contributed by atoms with Crippen molar-refractivity contribution in [3.63, 3.8) is 0 Å². The molecule has 7 nitrogen and oxygen atoms in total. The third-order valence-corrected chi connectivity index (χ3v) is 5.36. The van der Waals surface area contributed by atoms with Gasteiger partial charge in [0.2, 0.25) is 15.9 Å². The first-order chi connectivity index (χ1) is 12.3. The van der Waals surface area contributed by atoms with Crippen molar-refractivity contribution < 1.29 is 22.7 Å². The quantitative estimate of drug-likeness (QED) is 0.639. The number of benzene rings is 2. The van der Waals surface area contributed by atoms with Gasteiger partial charge in [-0.25, -0.2) is 17.9 Å². The molecule has 138 valence electrons. The number of halogens is 1. The molecule has 0 saturated heterocycles. The lowest BCUT2D eigenvalue weighted by Crippen LogP contribution is -2.36. The van der Waals surface area contributed by atoms with E-state index in [1.807, 2.05) is 0 Å². The first-order valence-electron chi connectivity index (χ1n) is 7.51. The van der Waals surface area contributed by atoms with E-state index in [4.69, 9.17) is 0 Å². The summed E-state index contributed by atoms with van der Waals surface area (Å²) in [5.74, 6) is -0.911. The molecule has 0 aliphatic heterocycles. The molecule has 0 radical (unpaired) electrons. The van der Waals surface area contributed by atoms with Crippen LogP contribution in [0.4, 0.5) is 0 Å². The zero-order chi connectivity index (χ0) is 19.2. The van der Waals surface area contributed by atoms with Crippen molar-refractivity contribution in [3.05, 3.63) is 64.1 Å². The van der Waals surface area contributed by atoms with Crippen LogP contribution in [0.25, 0.3) is 0 Å².